The highest BCUT2D eigenvalue weighted by Crippen LogP contribution is 2.41. The van der Waals surface area contributed by atoms with Crippen LogP contribution in [0.1, 0.15) is 86.4 Å². The lowest BCUT2D eigenvalue weighted by Gasteiger charge is -2.40. The molecule has 9 nitrogen and oxygen atoms in total. The molecule has 3 aliphatic rings. The number of ether oxygens (including phenoxy) is 2. The molecule has 202 valence electrons. The Balaban J connectivity index is 1.47. The molecule has 2 aromatic carbocycles. The summed E-state index contributed by atoms with van der Waals surface area (Å²) in [5.41, 5.74) is 6.50. The summed E-state index contributed by atoms with van der Waals surface area (Å²) in [5, 5.41) is 14.0. The average Bonchev–Trinajstić information content (AvgIpc) is 3.11. The van der Waals surface area contributed by atoms with Crippen molar-refractivity contribution in [1.29, 1.82) is 0 Å². The first-order chi connectivity index (χ1) is 18.2. The number of guanidine groups is 1. The third-order valence-electron chi connectivity index (χ3n) is 8.13. The van der Waals surface area contributed by atoms with E-state index in [9.17, 15) is 14.7 Å². The van der Waals surface area contributed by atoms with E-state index in [1.165, 1.54) is 0 Å². The second kappa shape index (κ2) is 9.94. The number of carbonyl (C=O) groups is 2. The SMILES string of the molecule is CCC1(CC)CC(=O)N([C@@H]2CCCOc3ccc(C(=O)N[C@@H]4c5ccccc5OC[C@@]4(C)O)cc32)C(N)=N1. The molecule has 3 aliphatic heterocycles. The topological polar surface area (TPSA) is 126 Å². The number of nitrogens with one attached hydrogen (secondary N) is 1. The van der Waals surface area contributed by atoms with E-state index in [0.717, 1.165) is 24.8 Å². The van der Waals surface area contributed by atoms with Crippen LogP contribution < -0.4 is 20.5 Å². The monoisotopic (exact) mass is 520 g/mol. The molecule has 0 saturated carbocycles. The largest absolute Gasteiger partial charge is 0.493 e. The number of hydrogen-bond acceptors (Lipinski definition) is 7. The molecule has 0 bridgehead atoms. The Morgan fingerprint density at radius 2 is 1.89 bits per heavy atom. The number of nitrogens with two attached hydrogens (primary N) is 1. The summed E-state index contributed by atoms with van der Waals surface area (Å²) in [4.78, 5) is 33.3. The molecule has 0 saturated heterocycles. The van der Waals surface area contributed by atoms with Crippen LogP contribution >= 0.6 is 0 Å². The Bertz CT molecular complexity index is 1270. The van der Waals surface area contributed by atoms with Gasteiger partial charge in [0, 0.05) is 16.7 Å². The first-order valence-corrected chi connectivity index (χ1v) is 13.4. The number of amides is 2. The summed E-state index contributed by atoms with van der Waals surface area (Å²) in [7, 11) is 0. The van der Waals surface area contributed by atoms with Crippen LogP contribution in [-0.2, 0) is 4.79 Å². The van der Waals surface area contributed by atoms with Gasteiger partial charge in [0.05, 0.1) is 30.7 Å². The highest BCUT2D eigenvalue weighted by Gasteiger charge is 2.42. The van der Waals surface area contributed by atoms with E-state index in [1.54, 1.807) is 30.0 Å². The fourth-order valence-corrected chi connectivity index (χ4v) is 5.73. The quantitative estimate of drug-likeness (QED) is 0.553. The van der Waals surface area contributed by atoms with Gasteiger partial charge in [-0.15, -0.1) is 0 Å². The second-order valence-corrected chi connectivity index (χ2v) is 10.7. The van der Waals surface area contributed by atoms with Gasteiger partial charge in [-0.3, -0.25) is 14.5 Å². The van der Waals surface area contributed by atoms with Crippen LogP contribution in [0.25, 0.3) is 0 Å². The molecular formula is C29H36N4O5. The minimum absolute atomic E-state index is 0.0573. The molecule has 9 heteroatoms. The maximum Gasteiger partial charge on any atom is 0.251 e. The minimum Gasteiger partial charge on any atom is -0.493 e. The zero-order valence-electron chi connectivity index (χ0n) is 22.2. The van der Waals surface area contributed by atoms with Gasteiger partial charge in [-0.2, -0.15) is 0 Å². The molecule has 0 spiro atoms. The summed E-state index contributed by atoms with van der Waals surface area (Å²) in [6.45, 7) is 6.26. The van der Waals surface area contributed by atoms with E-state index in [1.807, 2.05) is 38.1 Å². The van der Waals surface area contributed by atoms with Gasteiger partial charge in [0.25, 0.3) is 5.91 Å². The number of hydrogen-bond donors (Lipinski definition) is 3. The van der Waals surface area contributed by atoms with Crippen molar-refractivity contribution in [2.24, 2.45) is 10.7 Å². The van der Waals surface area contributed by atoms with E-state index in [-0.39, 0.29) is 24.4 Å². The average molecular weight is 521 g/mol. The van der Waals surface area contributed by atoms with Crippen molar-refractivity contribution in [2.45, 2.75) is 76.1 Å². The molecule has 2 aromatic rings. The lowest BCUT2D eigenvalue weighted by atomic mass is 9.86. The van der Waals surface area contributed by atoms with Crippen LogP contribution in [-0.4, -0.2) is 52.1 Å². The molecule has 0 aliphatic carbocycles. The third-order valence-corrected chi connectivity index (χ3v) is 8.13. The molecule has 5 rings (SSSR count). The Kier molecular flexibility index (Phi) is 6.81. The maximum atomic E-state index is 13.5. The maximum absolute atomic E-state index is 13.5. The molecule has 0 radical (unpaired) electrons. The second-order valence-electron chi connectivity index (χ2n) is 10.7. The van der Waals surface area contributed by atoms with Crippen LogP contribution in [0.3, 0.4) is 0 Å². The normalized spacial score (nSPS) is 26.2. The number of nitrogens with zero attached hydrogens (tertiary/aromatic N) is 2. The van der Waals surface area contributed by atoms with Crippen LogP contribution in [0.5, 0.6) is 11.5 Å². The lowest BCUT2D eigenvalue weighted by molar-refractivity contribution is -0.131. The summed E-state index contributed by atoms with van der Waals surface area (Å²) in [6.07, 6.45) is 3.13. The fraction of sp³-hybridized carbons (Fsp3) is 0.483. The minimum atomic E-state index is -1.29. The number of carbonyl (C=O) groups excluding carboxylic acids is 2. The van der Waals surface area contributed by atoms with Gasteiger partial charge >= 0.3 is 0 Å². The Labute approximate surface area is 223 Å². The molecule has 38 heavy (non-hydrogen) atoms. The smallest absolute Gasteiger partial charge is 0.251 e. The number of rotatable bonds is 5. The zero-order valence-corrected chi connectivity index (χ0v) is 22.2. The molecular weight excluding hydrogens is 484 g/mol. The van der Waals surface area contributed by atoms with Crippen molar-refractivity contribution in [1.82, 2.24) is 10.2 Å². The van der Waals surface area contributed by atoms with E-state index in [2.05, 4.69) is 5.32 Å². The molecule has 3 heterocycles. The van der Waals surface area contributed by atoms with Gasteiger partial charge in [0.2, 0.25) is 5.91 Å². The lowest BCUT2D eigenvalue weighted by Crippen LogP contribution is -2.52. The summed E-state index contributed by atoms with van der Waals surface area (Å²) >= 11 is 0. The molecule has 0 fully saturated rings. The zero-order chi connectivity index (χ0) is 27.1. The molecule has 3 atom stereocenters. The van der Waals surface area contributed by atoms with Crippen molar-refractivity contribution in [3.05, 3.63) is 59.2 Å². The van der Waals surface area contributed by atoms with Crippen LogP contribution in [0.2, 0.25) is 0 Å². The highest BCUT2D eigenvalue weighted by atomic mass is 16.5. The van der Waals surface area contributed by atoms with Crippen LogP contribution in [0, 0.1) is 0 Å². The fourth-order valence-electron chi connectivity index (χ4n) is 5.73. The van der Waals surface area contributed by atoms with Crippen molar-refractivity contribution in [3.63, 3.8) is 0 Å². The number of fused-ring (bicyclic) bond motifs is 2. The predicted molar refractivity (Wildman–Crippen MR) is 143 cm³/mol. The first-order valence-electron chi connectivity index (χ1n) is 13.4. The Morgan fingerprint density at radius 3 is 2.63 bits per heavy atom. The van der Waals surface area contributed by atoms with Crippen LogP contribution in [0.15, 0.2) is 47.5 Å². The van der Waals surface area contributed by atoms with Gasteiger partial charge in [-0.25, -0.2) is 4.99 Å². The number of benzene rings is 2. The molecule has 4 N–H and O–H groups in total. The number of aliphatic hydroxyl groups is 1. The van der Waals surface area contributed by atoms with Gasteiger partial charge in [-0.05, 0) is 56.9 Å². The number of para-hydroxylation sites is 1. The van der Waals surface area contributed by atoms with E-state index < -0.39 is 23.2 Å². The summed E-state index contributed by atoms with van der Waals surface area (Å²) in [5.74, 6) is 1.06. The van der Waals surface area contributed by atoms with Gasteiger partial charge in [-0.1, -0.05) is 32.0 Å². The molecule has 0 unspecified atom stereocenters. The Morgan fingerprint density at radius 1 is 1.16 bits per heavy atom. The number of aliphatic imine (C=N–C) groups is 1. The van der Waals surface area contributed by atoms with Gasteiger partial charge in [0.15, 0.2) is 5.96 Å². The van der Waals surface area contributed by atoms with E-state index >= 15 is 0 Å². The Hall–Kier alpha value is -3.59. The summed E-state index contributed by atoms with van der Waals surface area (Å²) < 4.78 is 11.7. The highest BCUT2D eigenvalue weighted by molar-refractivity contribution is 6.00. The third kappa shape index (κ3) is 4.60. The molecule has 2 amide bonds. The molecule has 0 aromatic heterocycles. The standard InChI is InChI=1S/C29H36N4O5/c1-4-29(5-2)16-24(34)33(27(30)32-29)21-10-8-14-37-23-13-12-18(15-20(21)23)26(35)31-25-19-9-6-7-11-22(19)38-17-28(25,3)36/h6-7,9,11-13,15,21,25,36H,4-5,8,10,14,16-17H2,1-3H3,(H2,30,32)(H,31,35)/t21-,25-,28-/m1/s1. The van der Waals surface area contributed by atoms with Crippen LogP contribution in [0.4, 0.5) is 0 Å². The van der Waals surface area contributed by atoms with E-state index in [0.29, 0.717) is 42.1 Å². The first kappa shape index (κ1) is 26.0. The predicted octanol–water partition coefficient (Wildman–Crippen LogP) is 3.62. The van der Waals surface area contributed by atoms with Gasteiger partial charge in [0.1, 0.15) is 23.7 Å². The summed E-state index contributed by atoms with van der Waals surface area (Å²) in [6, 6.07) is 11.5. The van der Waals surface area contributed by atoms with Crippen molar-refractivity contribution >= 4 is 17.8 Å². The van der Waals surface area contributed by atoms with E-state index in [4.69, 9.17) is 20.2 Å². The van der Waals surface area contributed by atoms with Crippen molar-refractivity contribution in [2.75, 3.05) is 13.2 Å². The van der Waals surface area contributed by atoms with Crippen molar-refractivity contribution < 1.29 is 24.2 Å². The van der Waals surface area contributed by atoms with Gasteiger partial charge < -0.3 is 25.6 Å². The van der Waals surface area contributed by atoms with Crippen molar-refractivity contribution in [3.8, 4) is 11.5 Å².